The Hall–Kier alpha value is -1.31. The molecule has 1 aromatic rings. The van der Waals surface area contributed by atoms with Gasteiger partial charge >= 0.3 is 0 Å². The van der Waals surface area contributed by atoms with E-state index < -0.39 is 16.1 Å². The molecule has 1 fully saturated rings. The number of carbonyl (C=O) groups is 1. The van der Waals surface area contributed by atoms with Crippen LogP contribution in [-0.4, -0.2) is 46.4 Å². The maximum absolute atomic E-state index is 11.9. The van der Waals surface area contributed by atoms with Gasteiger partial charge in [-0.1, -0.05) is 17.7 Å². The second-order valence-electron chi connectivity index (χ2n) is 5.11. The first-order chi connectivity index (χ1) is 10.4. The Morgan fingerprint density at radius 2 is 2.27 bits per heavy atom. The van der Waals surface area contributed by atoms with Crippen molar-refractivity contribution < 1.29 is 17.9 Å². The number of hydrogen-bond donors (Lipinski definition) is 1. The standard InChI is InChI=1S/C14H19ClN2O4S/c1-22(19,20)17(12-5-2-4-11(15)10-12)8-7-16-14(18)13-6-3-9-21-13/h2,4-5,10,13H,3,6-9H2,1H3,(H,16,18). The second kappa shape index (κ2) is 7.30. The Morgan fingerprint density at radius 1 is 1.50 bits per heavy atom. The molecule has 1 amide bonds. The molecule has 1 aromatic carbocycles. The number of sulfonamides is 1. The normalized spacial score (nSPS) is 18.2. The molecule has 0 aromatic heterocycles. The minimum Gasteiger partial charge on any atom is -0.368 e. The maximum atomic E-state index is 11.9. The number of halogens is 1. The molecule has 22 heavy (non-hydrogen) atoms. The van der Waals surface area contributed by atoms with E-state index in [4.69, 9.17) is 16.3 Å². The number of nitrogens with zero attached hydrogens (tertiary/aromatic N) is 1. The molecule has 1 atom stereocenters. The fourth-order valence-electron chi connectivity index (χ4n) is 2.30. The first kappa shape index (κ1) is 17.1. The lowest BCUT2D eigenvalue weighted by atomic mass is 10.2. The van der Waals surface area contributed by atoms with Gasteiger partial charge < -0.3 is 10.1 Å². The van der Waals surface area contributed by atoms with Crippen molar-refractivity contribution in [1.82, 2.24) is 5.32 Å². The lowest BCUT2D eigenvalue weighted by Crippen LogP contribution is -2.41. The van der Waals surface area contributed by atoms with Crippen LogP contribution in [0, 0.1) is 0 Å². The summed E-state index contributed by atoms with van der Waals surface area (Å²) in [5.41, 5.74) is 0.473. The van der Waals surface area contributed by atoms with Crippen LogP contribution in [-0.2, 0) is 19.6 Å². The molecule has 0 spiro atoms. The fourth-order valence-corrected chi connectivity index (χ4v) is 3.40. The first-order valence-electron chi connectivity index (χ1n) is 7.00. The summed E-state index contributed by atoms with van der Waals surface area (Å²) in [5, 5.41) is 3.16. The van der Waals surface area contributed by atoms with Crippen LogP contribution < -0.4 is 9.62 Å². The minimum absolute atomic E-state index is 0.137. The molecule has 0 saturated carbocycles. The van der Waals surface area contributed by atoms with Gasteiger partial charge in [0.05, 0.1) is 18.5 Å². The van der Waals surface area contributed by atoms with Gasteiger partial charge in [-0.25, -0.2) is 8.42 Å². The Balaban J connectivity index is 1.98. The van der Waals surface area contributed by atoms with Crippen LogP contribution in [0.25, 0.3) is 0 Å². The average Bonchev–Trinajstić information content (AvgIpc) is 2.96. The largest absolute Gasteiger partial charge is 0.368 e. The Morgan fingerprint density at radius 3 is 2.86 bits per heavy atom. The molecular formula is C14H19ClN2O4S. The fraction of sp³-hybridized carbons (Fsp3) is 0.500. The van der Waals surface area contributed by atoms with E-state index in [1.165, 1.54) is 4.31 Å². The lowest BCUT2D eigenvalue weighted by molar-refractivity contribution is -0.129. The van der Waals surface area contributed by atoms with E-state index in [-0.39, 0.29) is 19.0 Å². The highest BCUT2D eigenvalue weighted by molar-refractivity contribution is 7.92. The third kappa shape index (κ3) is 4.59. The van der Waals surface area contributed by atoms with Crippen LogP contribution in [0.2, 0.25) is 5.02 Å². The summed E-state index contributed by atoms with van der Waals surface area (Å²) < 4.78 is 30.3. The molecule has 1 aliphatic rings. The molecule has 1 saturated heterocycles. The molecule has 1 aliphatic heterocycles. The van der Waals surface area contributed by atoms with Crippen molar-refractivity contribution in [2.24, 2.45) is 0 Å². The van der Waals surface area contributed by atoms with Crippen molar-refractivity contribution in [2.45, 2.75) is 18.9 Å². The third-order valence-electron chi connectivity index (χ3n) is 3.33. The third-order valence-corrected chi connectivity index (χ3v) is 4.76. The van der Waals surface area contributed by atoms with Crippen LogP contribution in [0.15, 0.2) is 24.3 Å². The Labute approximate surface area is 135 Å². The van der Waals surface area contributed by atoms with E-state index in [1.807, 2.05) is 0 Å². The second-order valence-corrected chi connectivity index (χ2v) is 7.45. The predicted molar refractivity (Wildman–Crippen MR) is 85.6 cm³/mol. The Kier molecular flexibility index (Phi) is 5.66. The van der Waals surface area contributed by atoms with Crippen LogP contribution in [0.5, 0.6) is 0 Å². The highest BCUT2D eigenvalue weighted by Gasteiger charge is 2.24. The van der Waals surface area contributed by atoms with E-state index in [2.05, 4.69) is 5.32 Å². The lowest BCUT2D eigenvalue weighted by Gasteiger charge is -2.23. The molecule has 0 radical (unpaired) electrons. The number of carbonyl (C=O) groups excluding carboxylic acids is 1. The molecule has 1 unspecified atom stereocenters. The molecule has 1 heterocycles. The van der Waals surface area contributed by atoms with Crippen LogP contribution in [0.3, 0.4) is 0 Å². The van der Waals surface area contributed by atoms with E-state index >= 15 is 0 Å². The number of rotatable bonds is 6. The summed E-state index contributed by atoms with van der Waals surface area (Å²) in [6, 6.07) is 6.59. The van der Waals surface area contributed by atoms with Gasteiger partial charge in [-0.3, -0.25) is 9.10 Å². The van der Waals surface area contributed by atoms with E-state index in [0.29, 0.717) is 23.7 Å². The van der Waals surface area contributed by atoms with E-state index in [0.717, 1.165) is 12.7 Å². The van der Waals surface area contributed by atoms with E-state index in [1.54, 1.807) is 24.3 Å². The molecule has 8 heteroatoms. The van der Waals surface area contributed by atoms with Gasteiger partial charge in [0.25, 0.3) is 0 Å². The van der Waals surface area contributed by atoms with Gasteiger partial charge in [0.2, 0.25) is 15.9 Å². The van der Waals surface area contributed by atoms with Crippen LogP contribution >= 0.6 is 11.6 Å². The maximum Gasteiger partial charge on any atom is 0.249 e. The summed E-state index contributed by atoms with van der Waals surface area (Å²) in [4.78, 5) is 11.8. The van der Waals surface area contributed by atoms with Gasteiger partial charge in [0.1, 0.15) is 6.10 Å². The molecular weight excluding hydrogens is 328 g/mol. The Bertz CT molecular complexity index is 629. The molecule has 2 rings (SSSR count). The van der Waals surface area contributed by atoms with Crippen molar-refractivity contribution in [3.05, 3.63) is 29.3 Å². The zero-order valence-electron chi connectivity index (χ0n) is 12.3. The van der Waals surface area contributed by atoms with Crippen molar-refractivity contribution in [2.75, 3.05) is 30.3 Å². The van der Waals surface area contributed by atoms with Gasteiger partial charge in [0, 0.05) is 18.2 Å². The van der Waals surface area contributed by atoms with Gasteiger partial charge in [-0.2, -0.15) is 0 Å². The monoisotopic (exact) mass is 346 g/mol. The highest BCUT2D eigenvalue weighted by Crippen LogP contribution is 2.21. The van der Waals surface area contributed by atoms with Gasteiger partial charge in [0.15, 0.2) is 0 Å². The average molecular weight is 347 g/mol. The quantitative estimate of drug-likeness (QED) is 0.844. The SMILES string of the molecule is CS(=O)(=O)N(CCNC(=O)C1CCCO1)c1cccc(Cl)c1. The number of ether oxygens (including phenoxy) is 1. The van der Waals surface area contributed by atoms with Crippen molar-refractivity contribution in [3.63, 3.8) is 0 Å². The zero-order valence-corrected chi connectivity index (χ0v) is 13.9. The summed E-state index contributed by atoms with van der Waals surface area (Å²) >= 11 is 5.90. The topological polar surface area (TPSA) is 75.7 Å². The number of hydrogen-bond acceptors (Lipinski definition) is 4. The highest BCUT2D eigenvalue weighted by atomic mass is 35.5. The molecule has 0 bridgehead atoms. The van der Waals surface area contributed by atoms with Crippen molar-refractivity contribution in [1.29, 1.82) is 0 Å². The van der Waals surface area contributed by atoms with Crippen molar-refractivity contribution >= 4 is 33.2 Å². The molecule has 1 N–H and O–H groups in total. The summed E-state index contributed by atoms with van der Waals surface area (Å²) in [6.45, 7) is 0.936. The zero-order chi connectivity index (χ0) is 16.2. The number of anilines is 1. The minimum atomic E-state index is -3.46. The number of nitrogens with one attached hydrogen (secondary N) is 1. The molecule has 0 aliphatic carbocycles. The summed E-state index contributed by atoms with van der Waals surface area (Å²) in [6.07, 6.45) is 2.28. The summed E-state index contributed by atoms with van der Waals surface area (Å²) in [7, 11) is -3.46. The van der Waals surface area contributed by atoms with Crippen molar-refractivity contribution in [3.8, 4) is 0 Å². The summed E-state index contributed by atoms with van der Waals surface area (Å²) in [5.74, 6) is -0.197. The number of amides is 1. The van der Waals surface area contributed by atoms with E-state index in [9.17, 15) is 13.2 Å². The van der Waals surface area contributed by atoms with Gasteiger partial charge in [-0.15, -0.1) is 0 Å². The smallest absolute Gasteiger partial charge is 0.249 e. The van der Waals surface area contributed by atoms with Gasteiger partial charge in [-0.05, 0) is 31.0 Å². The van der Waals surface area contributed by atoms with Crippen LogP contribution in [0.4, 0.5) is 5.69 Å². The molecule has 122 valence electrons. The number of benzene rings is 1. The molecule has 6 nitrogen and oxygen atoms in total. The predicted octanol–water partition coefficient (Wildman–Crippen LogP) is 1.40. The van der Waals surface area contributed by atoms with Crippen LogP contribution in [0.1, 0.15) is 12.8 Å². The first-order valence-corrected chi connectivity index (χ1v) is 9.23.